The van der Waals surface area contributed by atoms with Crippen LogP contribution in [0.25, 0.3) is 11.3 Å². The minimum Gasteiger partial charge on any atom is -0.356 e. The topological polar surface area (TPSA) is 43.1 Å². The summed E-state index contributed by atoms with van der Waals surface area (Å²) in [6.45, 7) is 1.99. The molecule has 3 nitrogen and oxygen atoms in total. The molecule has 0 amide bonds. The second-order valence-electron chi connectivity index (χ2n) is 3.10. The molecule has 3 heteroatoms. The highest BCUT2D eigenvalue weighted by molar-refractivity contribution is 5.84. The summed E-state index contributed by atoms with van der Waals surface area (Å²) in [5.41, 5.74) is 2.48. The van der Waals surface area contributed by atoms with Crippen molar-refractivity contribution in [1.29, 1.82) is 0 Å². The average molecular weight is 187 g/mol. The first-order chi connectivity index (χ1) is 6.81. The maximum absolute atomic E-state index is 10.6. The Balaban J connectivity index is 2.54. The smallest absolute Gasteiger partial charge is 0.177 e. The van der Waals surface area contributed by atoms with Crippen LogP contribution in [-0.2, 0) is 0 Å². The van der Waals surface area contributed by atoms with E-state index in [1.807, 2.05) is 31.2 Å². The highest BCUT2D eigenvalue weighted by Crippen LogP contribution is 2.22. The molecular formula is C11H9NO2. The van der Waals surface area contributed by atoms with Gasteiger partial charge in [-0.15, -0.1) is 0 Å². The van der Waals surface area contributed by atoms with Gasteiger partial charge in [0.1, 0.15) is 0 Å². The van der Waals surface area contributed by atoms with Crippen molar-refractivity contribution in [2.45, 2.75) is 6.92 Å². The van der Waals surface area contributed by atoms with Gasteiger partial charge in [-0.05, 0) is 13.0 Å². The predicted octanol–water partition coefficient (Wildman–Crippen LogP) is 2.46. The Labute approximate surface area is 81.3 Å². The van der Waals surface area contributed by atoms with Crippen LogP contribution < -0.4 is 0 Å². The standard InChI is InChI=1S/C11H9NO2/c1-8-3-2-4-9(5-8)11-10(7-13)6-12-14-11/h2-7H,1H3. The van der Waals surface area contributed by atoms with Crippen LogP contribution in [0.4, 0.5) is 0 Å². The summed E-state index contributed by atoms with van der Waals surface area (Å²) in [6, 6.07) is 7.75. The zero-order valence-electron chi connectivity index (χ0n) is 7.73. The zero-order chi connectivity index (χ0) is 9.97. The Hall–Kier alpha value is -1.90. The third-order valence-corrected chi connectivity index (χ3v) is 2.01. The van der Waals surface area contributed by atoms with Gasteiger partial charge < -0.3 is 4.52 Å². The number of aldehydes is 1. The molecule has 0 unspecified atom stereocenters. The van der Waals surface area contributed by atoms with Crippen LogP contribution in [0.3, 0.4) is 0 Å². The molecule has 0 N–H and O–H groups in total. The van der Waals surface area contributed by atoms with Crippen molar-refractivity contribution in [3.63, 3.8) is 0 Å². The number of carbonyl (C=O) groups is 1. The fourth-order valence-corrected chi connectivity index (χ4v) is 1.34. The summed E-state index contributed by atoms with van der Waals surface area (Å²) in [6.07, 6.45) is 2.17. The molecule has 0 aliphatic rings. The summed E-state index contributed by atoms with van der Waals surface area (Å²) in [5, 5.41) is 3.59. The summed E-state index contributed by atoms with van der Waals surface area (Å²) < 4.78 is 5.02. The predicted molar refractivity (Wildman–Crippen MR) is 52.1 cm³/mol. The van der Waals surface area contributed by atoms with E-state index in [1.165, 1.54) is 6.20 Å². The maximum Gasteiger partial charge on any atom is 0.177 e. The molecule has 2 rings (SSSR count). The van der Waals surface area contributed by atoms with Crippen molar-refractivity contribution >= 4 is 6.29 Å². The zero-order valence-corrected chi connectivity index (χ0v) is 7.73. The number of carbonyl (C=O) groups excluding carboxylic acids is 1. The third-order valence-electron chi connectivity index (χ3n) is 2.01. The Bertz CT molecular complexity index is 460. The number of hydrogen-bond acceptors (Lipinski definition) is 3. The molecule has 0 saturated carbocycles. The average Bonchev–Trinajstić information content (AvgIpc) is 2.65. The Morgan fingerprint density at radius 2 is 2.29 bits per heavy atom. The van der Waals surface area contributed by atoms with E-state index in [0.717, 1.165) is 17.4 Å². The van der Waals surface area contributed by atoms with E-state index < -0.39 is 0 Å². The quantitative estimate of drug-likeness (QED) is 0.678. The van der Waals surface area contributed by atoms with Crippen LogP contribution in [0.15, 0.2) is 35.0 Å². The summed E-state index contributed by atoms with van der Waals surface area (Å²) >= 11 is 0. The Morgan fingerprint density at radius 1 is 1.43 bits per heavy atom. The van der Waals surface area contributed by atoms with Crippen LogP contribution in [0.5, 0.6) is 0 Å². The lowest BCUT2D eigenvalue weighted by Crippen LogP contribution is -1.82. The van der Waals surface area contributed by atoms with E-state index in [9.17, 15) is 4.79 Å². The molecule has 1 aromatic carbocycles. The van der Waals surface area contributed by atoms with E-state index in [-0.39, 0.29) is 0 Å². The van der Waals surface area contributed by atoms with Gasteiger partial charge in [0.25, 0.3) is 0 Å². The maximum atomic E-state index is 10.6. The molecule has 0 aliphatic carbocycles. The van der Waals surface area contributed by atoms with Gasteiger partial charge in [0.2, 0.25) is 0 Å². The van der Waals surface area contributed by atoms with Crippen molar-refractivity contribution in [1.82, 2.24) is 5.16 Å². The lowest BCUT2D eigenvalue weighted by atomic mass is 10.1. The number of hydrogen-bond donors (Lipinski definition) is 0. The van der Waals surface area contributed by atoms with Crippen molar-refractivity contribution in [3.8, 4) is 11.3 Å². The van der Waals surface area contributed by atoms with Crippen molar-refractivity contribution in [2.24, 2.45) is 0 Å². The van der Waals surface area contributed by atoms with Crippen LogP contribution in [0.2, 0.25) is 0 Å². The van der Waals surface area contributed by atoms with Crippen LogP contribution in [-0.4, -0.2) is 11.4 Å². The van der Waals surface area contributed by atoms with Gasteiger partial charge in [0.15, 0.2) is 12.0 Å². The molecule has 14 heavy (non-hydrogen) atoms. The summed E-state index contributed by atoms with van der Waals surface area (Å²) in [7, 11) is 0. The minimum absolute atomic E-state index is 0.482. The first-order valence-electron chi connectivity index (χ1n) is 4.28. The highest BCUT2D eigenvalue weighted by atomic mass is 16.5. The van der Waals surface area contributed by atoms with Gasteiger partial charge in [-0.3, -0.25) is 4.79 Å². The lowest BCUT2D eigenvalue weighted by molar-refractivity contribution is 0.112. The molecule has 1 heterocycles. The number of benzene rings is 1. The second kappa shape index (κ2) is 3.46. The molecule has 0 saturated heterocycles. The van der Waals surface area contributed by atoms with E-state index in [4.69, 9.17) is 4.52 Å². The third kappa shape index (κ3) is 1.44. The lowest BCUT2D eigenvalue weighted by Gasteiger charge is -1.97. The molecule has 1 aromatic heterocycles. The molecule has 70 valence electrons. The number of aromatic nitrogens is 1. The van der Waals surface area contributed by atoms with E-state index in [2.05, 4.69) is 5.16 Å². The monoisotopic (exact) mass is 187 g/mol. The Kier molecular flexibility index (Phi) is 2.14. The van der Waals surface area contributed by atoms with Gasteiger partial charge in [-0.25, -0.2) is 0 Å². The molecule has 0 fully saturated rings. The van der Waals surface area contributed by atoms with Crippen molar-refractivity contribution in [3.05, 3.63) is 41.6 Å². The van der Waals surface area contributed by atoms with Crippen molar-refractivity contribution in [2.75, 3.05) is 0 Å². The first-order valence-corrected chi connectivity index (χ1v) is 4.28. The number of rotatable bonds is 2. The summed E-state index contributed by atoms with van der Waals surface area (Å²) in [4.78, 5) is 10.6. The second-order valence-corrected chi connectivity index (χ2v) is 3.10. The molecule has 0 atom stereocenters. The molecule has 2 aromatic rings. The molecular weight excluding hydrogens is 178 g/mol. The minimum atomic E-state index is 0.482. The van der Waals surface area contributed by atoms with Gasteiger partial charge in [-0.1, -0.05) is 28.9 Å². The van der Waals surface area contributed by atoms with E-state index in [1.54, 1.807) is 0 Å². The highest BCUT2D eigenvalue weighted by Gasteiger charge is 2.09. The van der Waals surface area contributed by atoms with Crippen LogP contribution >= 0.6 is 0 Å². The van der Waals surface area contributed by atoms with Crippen LogP contribution in [0, 0.1) is 6.92 Å². The van der Waals surface area contributed by atoms with Gasteiger partial charge >= 0.3 is 0 Å². The first kappa shape index (κ1) is 8.69. The molecule has 0 radical (unpaired) electrons. The number of aryl methyl sites for hydroxylation is 1. The van der Waals surface area contributed by atoms with E-state index in [0.29, 0.717) is 11.3 Å². The molecule has 0 bridgehead atoms. The number of nitrogens with zero attached hydrogens (tertiary/aromatic N) is 1. The van der Waals surface area contributed by atoms with Gasteiger partial charge in [0.05, 0.1) is 11.8 Å². The van der Waals surface area contributed by atoms with Crippen molar-refractivity contribution < 1.29 is 9.32 Å². The fraction of sp³-hybridized carbons (Fsp3) is 0.0909. The summed E-state index contributed by atoms with van der Waals surface area (Å²) in [5.74, 6) is 0.531. The Morgan fingerprint density at radius 3 is 3.00 bits per heavy atom. The van der Waals surface area contributed by atoms with Crippen LogP contribution in [0.1, 0.15) is 15.9 Å². The fourth-order valence-electron chi connectivity index (χ4n) is 1.34. The molecule has 0 spiro atoms. The van der Waals surface area contributed by atoms with Gasteiger partial charge in [-0.2, -0.15) is 0 Å². The van der Waals surface area contributed by atoms with E-state index >= 15 is 0 Å². The normalized spacial score (nSPS) is 10.1. The largest absolute Gasteiger partial charge is 0.356 e. The van der Waals surface area contributed by atoms with Gasteiger partial charge in [0, 0.05) is 5.56 Å². The SMILES string of the molecule is Cc1cccc(-c2oncc2C=O)c1. The molecule has 0 aliphatic heterocycles.